The zero-order chi connectivity index (χ0) is 21.6. The molecule has 0 radical (unpaired) electrons. The molecule has 2 aromatic carbocycles. The Morgan fingerprint density at radius 2 is 1.87 bits per heavy atom. The van der Waals surface area contributed by atoms with Crippen LogP contribution in [0.15, 0.2) is 42.5 Å². The van der Waals surface area contributed by atoms with Gasteiger partial charge in [0.2, 0.25) is 0 Å². The number of fused-ring (bicyclic) bond motifs is 1. The number of hydrogen-bond donors (Lipinski definition) is 1. The van der Waals surface area contributed by atoms with Crippen LogP contribution in [-0.4, -0.2) is 38.6 Å². The molecular weight excluding hydrogens is 395 g/mol. The van der Waals surface area contributed by atoms with Crippen LogP contribution in [0.1, 0.15) is 24.5 Å². The first-order chi connectivity index (χ1) is 14.4. The van der Waals surface area contributed by atoms with Crippen molar-refractivity contribution in [3.63, 3.8) is 0 Å². The summed E-state index contributed by atoms with van der Waals surface area (Å²) >= 11 is 0. The number of para-hydroxylation sites is 3. The van der Waals surface area contributed by atoms with E-state index >= 15 is 0 Å². The number of hydrogen-bond acceptors (Lipinski definition) is 5. The van der Waals surface area contributed by atoms with Crippen LogP contribution in [-0.2, 0) is 6.42 Å². The van der Waals surface area contributed by atoms with Crippen LogP contribution < -0.4 is 19.7 Å². The second-order valence-corrected chi connectivity index (χ2v) is 6.99. The van der Waals surface area contributed by atoms with E-state index in [4.69, 9.17) is 9.47 Å². The van der Waals surface area contributed by atoms with Gasteiger partial charge in [-0.2, -0.15) is 18.4 Å². The quantitative estimate of drug-likeness (QED) is 0.616. The molecule has 0 amide bonds. The molecule has 1 atom stereocenters. The summed E-state index contributed by atoms with van der Waals surface area (Å²) in [4.78, 5) is 2.20. The van der Waals surface area contributed by atoms with E-state index in [2.05, 4.69) is 23.2 Å². The lowest BCUT2D eigenvalue weighted by molar-refractivity contribution is -0.153. The Morgan fingerprint density at radius 3 is 2.53 bits per heavy atom. The zero-order valence-electron chi connectivity index (χ0n) is 16.7. The van der Waals surface area contributed by atoms with Crippen LogP contribution in [0.4, 0.5) is 18.9 Å². The highest BCUT2D eigenvalue weighted by Gasteiger charge is 2.31. The Morgan fingerprint density at radius 1 is 1.13 bits per heavy atom. The molecule has 1 N–H and O–H groups in total. The summed E-state index contributed by atoms with van der Waals surface area (Å²) in [7, 11) is 0. The summed E-state index contributed by atoms with van der Waals surface area (Å²) in [5, 5.41) is 12.9. The van der Waals surface area contributed by atoms with Gasteiger partial charge in [-0.3, -0.25) is 5.32 Å². The monoisotopic (exact) mass is 419 g/mol. The highest BCUT2D eigenvalue weighted by atomic mass is 19.4. The van der Waals surface area contributed by atoms with Crippen molar-refractivity contribution in [1.82, 2.24) is 5.32 Å². The van der Waals surface area contributed by atoms with Crippen LogP contribution in [0, 0.1) is 11.3 Å². The first kappa shape index (κ1) is 21.8. The minimum Gasteiger partial charge on any atom is -0.488 e. The minimum atomic E-state index is -4.41. The lowest BCUT2D eigenvalue weighted by atomic mass is 10.1. The molecular formula is C22H24F3N3O2. The summed E-state index contributed by atoms with van der Waals surface area (Å²) in [6.45, 7) is 2.31. The van der Waals surface area contributed by atoms with Gasteiger partial charge in [-0.1, -0.05) is 31.2 Å². The third-order valence-corrected chi connectivity index (χ3v) is 4.76. The lowest BCUT2D eigenvalue weighted by Crippen LogP contribution is -2.45. The number of ether oxygens (including phenoxy) is 2. The predicted molar refractivity (Wildman–Crippen MR) is 108 cm³/mol. The van der Waals surface area contributed by atoms with Crippen molar-refractivity contribution >= 4 is 5.69 Å². The second kappa shape index (κ2) is 9.72. The predicted octanol–water partition coefficient (Wildman–Crippen LogP) is 4.27. The highest BCUT2D eigenvalue weighted by Crippen LogP contribution is 2.34. The smallest absolute Gasteiger partial charge is 0.422 e. The number of benzene rings is 2. The van der Waals surface area contributed by atoms with Crippen molar-refractivity contribution in [2.75, 3.05) is 31.2 Å². The number of halogens is 3. The summed E-state index contributed by atoms with van der Waals surface area (Å²) in [5.74, 6) is 0.338. The van der Waals surface area contributed by atoms with E-state index in [-0.39, 0.29) is 24.3 Å². The number of rotatable bonds is 9. The van der Waals surface area contributed by atoms with E-state index < -0.39 is 12.8 Å². The first-order valence-corrected chi connectivity index (χ1v) is 9.86. The molecule has 0 saturated heterocycles. The molecule has 2 aromatic rings. The maximum Gasteiger partial charge on any atom is 0.422 e. The van der Waals surface area contributed by atoms with Crippen molar-refractivity contribution in [3.05, 3.63) is 53.6 Å². The fourth-order valence-corrected chi connectivity index (χ4v) is 3.59. The second-order valence-electron chi connectivity index (χ2n) is 6.99. The largest absolute Gasteiger partial charge is 0.488 e. The number of alkyl halides is 3. The molecule has 0 aliphatic carbocycles. The molecule has 0 bridgehead atoms. The van der Waals surface area contributed by atoms with E-state index in [1.807, 2.05) is 18.2 Å². The van der Waals surface area contributed by atoms with Crippen LogP contribution in [0.2, 0.25) is 0 Å². The van der Waals surface area contributed by atoms with Gasteiger partial charge in [0, 0.05) is 19.5 Å². The molecule has 1 aliphatic rings. The number of anilines is 1. The number of nitrogens with one attached hydrogen (secondary N) is 1. The van der Waals surface area contributed by atoms with E-state index in [1.54, 1.807) is 18.2 Å². The van der Waals surface area contributed by atoms with E-state index in [9.17, 15) is 18.4 Å². The number of nitriles is 1. The third kappa shape index (κ3) is 5.36. The van der Waals surface area contributed by atoms with Crippen molar-refractivity contribution in [2.45, 2.75) is 32.1 Å². The molecule has 160 valence electrons. The van der Waals surface area contributed by atoms with Gasteiger partial charge in [0.25, 0.3) is 0 Å². The van der Waals surface area contributed by atoms with Crippen LogP contribution in [0.5, 0.6) is 11.5 Å². The zero-order valence-corrected chi connectivity index (χ0v) is 16.7. The Labute approximate surface area is 174 Å². The van der Waals surface area contributed by atoms with Gasteiger partial charge in [-0.05, 0) is 30.2 Å². The first-order valence-electron chi connectivity index (χ1n) is 9.86. The molecule has 1 unspecified atom stereocenters. The topological polar surface area (TPSA) is 57.5 Å². The molecule has 1 aliphatic heterocycles. The van der Waals surface area contributed by atoms with E-state index in [1.165, 1.54) is 6.07 Å². The van der Waals surface area contributed by atoms with Gasteiger partial charge in [-0.15, -0.1) is 0 Å². The van der Waals surface area contributed by atoms with Gasteiger partial charge < -0.3 is 14.4 Å². The van der Waals surface area contributed by atoms with E-state index in [0.717, 1.165) is 30.6 Å². The maximum absolute atomic E-state index is 12.4. The van der Waals surface area contributed by atoms with Crippen molar-refractivity contribution in [2.24, 2.45) is 0 Å². The molecule has 3 rings (SSSR count). The Kier molecular flexibility index (Phi) is 7.06. The molecule has 0 fully saturated rings. The fourth-order valence-electron chi connectivity index (χ4n) is 3.59. The normalized spacial score (nSPS) is 15.6. The Hall–Kier alpha value is -2.92. The molecule has 30 heavy (non-hydrogen) atoms. The van der Waals surface area contributed by atoms with Gasteiger partial charge in [0.15, 0.2) is 18.1 Å². The average Bonchev–Trinajstić information content (AvgIpc) is 3.07. The fraction of sp³-hybridized carbons (Fsp3) is 0.409. The van der Waals surface area contributed by atoms with Crippen LogP contribution in [0.3, 0.4) is 0 Å². The minimum absolute atomic E-state index is 0.0368. The van der Waals surface area contributed by atoms with Gasteiger partial charge in [0.05, 0.1) is 17.4 Å². The summed E-state index contributed by atoms with van der Waals surface area (Å²) < 4.78 is 47.7. The Balaban J connectivity index is 1.57. The maximum atomic E-state index is 12.4. The molecule has 5 nitrogen and oxygen atoms in total. The Bertz CT molecular complexity index is 896. The average molecular weight is 419 g/mol. The van der Waals surface area contributed by atoms with Crippen LogP contribution in [0.25, 0.3) is 0 Å². The van der Waals surface area contributed by atoms with E-state index in [0.29, 0.717) is 12.1 Å². The van der Waals surface area contributed by atoms with Gasteiger partial charge >= 0.3 is 6.18 Å². The SMILES string of the molecule is CCCN1c2c(C#N)cccc2CC1NCCOc1ccccc1OCC(F)(F)F. The molecule has 0 spiro atoms. The third-order valence-electron chi connectivity index (χ3n) is 4.76. The number of nitrogens with zero attached hydrogens (tertiary/aromatic N) is 2. The van der Waals surface area contributed by atoms with Gasteiger partial charge in [-0.25, -0.2) is 0 Å². The van der Waals surface area contributed by atoms with Crippen molar-refractivity contribution < 1.29 is 22.6 Å². The van der Waals surface area contributed by atoms with Crippen molar-refractivity contribution in [3.8, 4) is 17.6 Å². The molecule has 0 saturated carbocycles. The molecule has 8 heteroatoms. The lowest BCUT2D eigenvalue weighted by Gasteiger charge is -2.28. The highest BCUT2D eigenvalue weighted by molar-refractivity contribution is 5.68. The van der Waals surface area contributed by atoms with Crippen molar-refractivity contribution in [1.29, 1.82) is 5.26 Å². The van der Waals surface area contributed by atoms with Crippen LogP contribution >= 0.6 is 0 Å². The standard InChI is InChI=1S/C22H24F3N3O2/c1-2-11-28-20(13-16-6-5-7-17(14-26)21(16)28)27-10-12-29-18-8-3-4-9-19(18)30-15-22(23,24)25/h3-9,20,27H,2,10-13,15H2,1H3. The summed E-state index contributed by atoms with van der Waals surface area (Å²) in [5.41, 5.74) is 2.77. The van der Waals surface area contributed by atoms with Gasteiger partial charge in [0.1, 0.15) is 12.7 Å². The molecule has 0 aromatic heterocycles. The summed E-state index contributed by atoms with van der Waals surface area (Å²) in [6, 6.07) is 14.3. The summed E-state index contributed by atoms with van der Waals surface area (Å²) in [6.07, 6.45) is -2.65. The molecule has 1 heterocycles.